The van der Waals surface area contributed by atoms with Gasteiger partial charge in [-0.3, -0.25) is 9.69 Å². The summed E-state index contributed by atoms with van der Waals surface area (Å²) in [6.07, 6.45) is 1.76. The maximum atomic E-state index is 13.1. The minimum absolute atomic E-state index is 0.118. The molecule has 5 rings (SSSR count). The van der Waals surface area contributed by atoms with Crippen LogP contribution in [0.3, 0.4) is 0 Å². The molecule has 1 spiro atoms. The Hall–Kier alpha value is -3.19. The summed E-state index contributed by atoms with van der Waals surface area (Å²) >= 11 is 0. The number of hydrogen-bond acceptors (Lipinski definition) is 5. The van der Waals surface area contributed by atoms with Crippen molar-refractivity contribution >= 4 is 5.91 Å². The number of likely N-dealkylation sites (N-methyl/N-ethyl adjacent to an activating group) is 1. The Balaban J connectivity index is 1.44. The Kier molecular flexibility index (Phi) is 5.21. The summed E-state index contributed by atoms with van der Waals surface area (Å²) in [5.41, 5.74) is 2.79. The van der Waals surface area contributed by atoms with Crippen LogP contribution in [0.5, 0.6) is 5.75 Å². The van der Waals surface area contributed by atoms with Crippen molar-refractivity contribution in [3.05, 3.63) is 65.5 Å². The first-order chi connectivity index (χ1) is 15.5. The second-order valence-electron chi connectivity index (χ2n) is 9.06. The predicted octanol–water partition coefficient (Wildman–Crippen LogP) is 3.34. The molecule has 0 saturated carbocycles. The molecule has 1 amide bonds. The Bertz CT molecular complexity index is 1130. The number of carbonyl (C=O) groups is 1. The third kappa shape index (κ3) is 3.56. The number of hydrogen-bond donors (Lipinski definition) is 0. The fourth-order valence-corrected chi connectivity index (χ4v) is 5.18. The number of nitrogens with zero attached hydrogens (tertiary/aromatic N) is 5. The Labute approximate surface area is 188 Å². The van der Waals surface area contributed by atoms with Crippen LogP contribution in [-0.2, 0) is 12.1 Å². The molecular formula is C25H29N5O2. The van der Waals surface area contributed by atoms with Crippen LogP contribution in [0.25, 0.3) is 11.4 Å². The lowest BCUT2D eigenvalue weighted by Crippen LogP contribution is -2.56. The van der Waals surface area contributed by atoms with E-state index in [0.29, 0.717) is 0 Å². The lowest BCUT2D eigenvalue weighted by molar-refractivity contribution is 0.0410. The number of amides is 1. The lowest BCUT2D eigenvalue weighted by atomic mass is 9.84. The lowest BCUT2D eigenvalue weighted by Gasteiger charge is -2.48. The van der Waals surface area contributed by atoms with Crippen LogP contribution in [0.15, 0.2) is 48.5 Å². The third-order valence-electron chi connectivity index (χ3n) is 6.77. The van der Waals surface area contributed by atoms with Gasteiger partial charge in [0.05, 0.1) is 19.2 Å². The molecular weight excluding hydrogens is 402 g/mol. The first-order valence-corrected chi connectivity index (χ1v) is 11.1. The van der Waals surface area contributed by atoms with E-state index in [1.807, 2.05) is 60.4 Å². The molecule has 3 aromatic rings. The number of fused-ring (bicyclic) bond motifs is 2. The van der Waals surface area contributed by atoms with Crippen LogP contribution >= 0.6 is 0 Å². The molecule has 0 bridgehead atoms. The van der Waals surface area contributed by atoms with Crippen molar-refractivity contribution in [1.29, 1.82) is 0 Å². The molecule has 1 fully saturated rings. The van der Waals surface area contributed by atoms with E-state index < -0.39 is 0 Å². The van der Waals surface area contributed by atoms with Crippen molar-refractivity contribution in [3.8, 4) is 17.1 Å². The molecule has 0 N–H and O–H groups in total. The zero-order valence-corrected chi connectivity index (χ0v) is 18.9. The minimum atomic E-state index is -0.121. The van der Waals surface area contributed by atoms with Gasteiger partial charge in [0.15, 0.2) is 5.82 Å². The molecule has 7 nitrogen and oxygen atoms in total. The van der Waals surface area contributed by atoms with Gasteiger partial charge >= 0.3 is 0 Å². The molecule has 1 aromatic heterocycles. The fraction of sp³-hybridized carbons (Fsp3) is 0.400. The number of aryl methyl sites for hydroxylation is 1. The molecule has 0 unspecified atom stereocenters. The van der Waals surface area contributed by atoms with Gasteiger partial charge in [0.1, 0.15) is 11.6 Å². The summed E-state index contributed by atoms with van der Waals surface area (Å²) in [6, 6.07) is 15.9. The Morgan fingerprint density at radius 3 is 2.50 bits per heavy atom. The van der Waals surface area contributed by atoms with Crippen LogP contribution in [0.4, 0.5) is 0 Å². The van der Waals surface area contributed by atoms with Gasteiger partial charge in [0, 0.05) is 30.8 Å². The van der Waals surface area contributed by atoms with E-state index in [0.717, 1.165) is 73.1 Å². The summed E-state index contributed by atoms with van der Waals surface area (Å²) in [5, 5.41) is 9.13. The van der Waals surface area contributed by atoms with Crippen LogP contribution < -0.4 is 4.74 Å². The molecule has 166 valence electrons. The highest BCUT2D eigenvalue weighted by molar-refractivity contribution is 5.94. The Morgan fingerprint density at radius 1 is 1.06 bits per heavy atom. The van der Waals surface area contributed by atoms with Gasteiger partial charge in [0.25, 0.3) is 5.91 Å². The van der Waals surface area contributed by atoms with E-state index in [2.05, 4.69) is 26.7 Å². The van der Waals surface area contributed by atoms with Gasteiger partial charge < -0.3 is 14.2 Å². The second-order valence-corrected chi connectivity index (χ2v) is 9.06. The molecule has 0 radical (unpaired) electrons. The number of methoxy groups -OCH3 is 1. The zero-order chi connectivity index (χ0) is 22.3. The van der Waals surface area contributed by atoms with Crippen molar-refractivity contribution in [1.82, 2.24) is 24.6 Å². The highest BCUT2D eigenvalue weighted by Crippen LogP contribution is 2.39. The van der Waals surface area contributed by atoms with Crippen molar-refractivity contribution in [2.45, 2.75) is 31.8 Å². The molecule has 3 heterocycles. The molecule has 2 aliphatic heterocycles. The van der Waals surface area contributed by atoms with Gasteiger partial charge in [-0.25, -0.2) is 0 Å². The van der Waals surface area contributed by atoms with E-state index in [-0.39, 0.29) is 11.4 Å². The van der Waals surface area contributed by atoms with Crippen molar-refractivity contribution in [2.75, 3.05) is 33.8 Å². The summed E-state index contributed by atoms with van der Waals surface area (Å²) in [4.78, 5) is 17.4. The van der Waals surface area contributed by atoms with Gasteiger partial charge in [0.2, 0.25) is 0 Å². The topological polar surface area (TPSA) is 63.5 Å². The maximum Gasteiger partial charge on any atom is 0.253 e. The van der Waals surface area contributed by atoms with Crippen LogP contribution in [0, 0.1) is 6.92 Å². The van der Waals surface area contributed by atoms with Crippen LogP contribution in [0.2, 0.25) is 0 Å². The number of carbonyl (C=O) groups excluding carboxylic acids is 1. The van der Waals surface area contributed by atoms with Gasteiger partial charge in [-0.05, 0) is 63.2 Å². The van der Waals surface area contributed by atoms with Crippen LogP contribution in [0.1, 0.15) is 34.6 Å². The largest absolute Gasteiger partial charge is 0.497 e. The number of likely N-dealkylation sites (tertiary alicyclic amines) is 1. The van der Waals surface area contributed by atoms with Crippen molar-refractivity contribution < 1.29 is 9.53 Å². The number of aromatic nitrogens is 3. The number of ether oxygens (including phenoxy) is 1. The number of piperidine rings is 1. The SMILES string of the molecule is COc1ccc(-c2nnc3n2C2(CCN(C(=O)c4cccc(C)c4)CC2)CN(C)C3)cc1. The zero-order valence-electron chi connectivity index (χ0n) is 18.9. The van der Waals surface area contributed by atoms with Gasteiger partial charge in [-0.1, -0.05) is 17.7 Å². The smallest absolute Gasteiger partial charge is 0.253 e. The van der Waals surface area contributed by atoms with Gasteiger partial charge in [-0.15, -0.1) is 10.2 Å². The second kappa shape index (κ2) is 8.06. The van der Waals surface area contributed by atoms with Crippen molar-refractivity contribution in [2.24, 2.45) is 0 Å². The normalized spacial score (nSPS) is 17.9. The predicted molar refractivity (Wildman–Crippen MR) is 123 cm³/mol. The first kappa shape index (κ1) is 20.7. The average Bonchev–Trinajstić information content (AvgIpc) is 3.24. The van der Waals surface area contributed by atoms with E-state index in [1.165, 1.54) is 0 Å². The summed E-state index contributed by atoms with van der Waals surface area (Å²) in [6.45, 7) is 5.17. The fourth-order valence-electron chi connectivity index (χ4n) is 5.18. The van der Waals surface area contributed by atoms with E-state index >= 15 is 0 Å². The number of rotatable bonds is 3. The number of benzene rings is 2. The van der Waals surface area contributed by atoms with E-state index in [9.17, 15) is 4.79 Å². The third-order valence-corrected chi connectivity index (χ3v) is 6.77. The molecule has 2 aromatic carbocycles. The highest BCUT2D eigenvalue weighted by atomic mass is 16.5. The van der Waals surface area contributed by atoms with Crippen LogP contribution in [-0.4, -0.2) is 64.3 Å². The highest BCUT2D eigenvalue weighted by Gasteiger charge is 2.44. The quantitative estimate of drug-likeness (QED) is 0.637. The average molecular weight is 432 g/mol. The first-order valence-electron chi connectivity index (χ1n) is 11.1. The van der Waals surface area contributed by atoms with Gasteiger partial charge in [-0.2, -0.15) is 0 Å². The minimum Gasteiger partial charge on any atom is -0.497 e. The van der Waals surface area contributed by atoms with E-state index in [4.69, 9.17) is 4.74 Å². The molecule has 32 heavy (non-hydrogen) atoms. The standard InChI is InChI=1S/C25H29N5O2/c1-18-5-4-6-20(15-18)24(31)29-13-11-25(12-14-29)17-28(2)16-22-26-27-23(30(22)25)19-7-9-21(32-3)10-8-19/h4-10,15H,11-14,16-17H2,1-3H3. The molecule has 2 aliphatic rings. The molecule has 1 saturated heterocycles. The molecule has 0 atom stereocenters. The molecule has 0 aliphatic carbocycles. The molecule has 7 heteroatoms. The summed E-state index contributed by atoms with van der Waals surface area (Å²) < 4.78 is 7.66. The Morgan fingerprint density at radius 2 is 1.81 bits per heavy atom. The summed E-state index contributed by atoms with van der Waals surface area (Å²) in [7, 11) is 3.81. The summed E-state index contributed by atoms with van der Waals surface area (Å²) in [5.74, 6) is 2.83. The van der Waals surface area contributed by atoms with Crippen molar-refractivity contribution in [3.63, 3.8) is 0 Å². The van der Waals surface area contributed by atoms with E-state index in [1.54, 1.807) is 7.11 Å². The monoisotopic (exact) mass is 431 g/mol. The maximum absolute atomic E-state index is 13.1.